The number of nitrogens with one attached hydrogen (secondary N) is 2. The Morgan fingerprint density at radius 1 is 1.08 bits per heavy atom. The van der Waals surface area contributed by atoms with Gasteiger partial charge in [0, 0.05) is 12.1 Å². The minimum absolute atomic E-state index is 0.0584. The Morgan fingerprint density at radius 3 is 2.15 bits per heavy atom. The van der Waals surface area contributed by atoms with E-state index < -0.39 is 54.5 Å². The molecule has 0 radical (unpaired) electrons. The van der Waals surface area contributed by atoms with Crippen LogP contribution in [0.4, 0.5) is 28.9 Å². The second-order valence-corrected chi connectivity index (χ2v) is 6.35. The van der Waals surface area contributed by atoms with E-state index in [1.54, 1.807) is 0 Å². The van der Waals surface area contributed by atoms with Crippen molar-refractivity contribution in [1.29, 1.82) is 0 Å². The molecule has 0 fully saturated rings. The number of hydrogen-bond acceptors (Lipinski definition) is 6. The van der Waals surface area contributed by atoms with E-state index in [4.69, 9.17) is 4.74 Å². The van der Waals surface area contributed by atoms with Crippen LogP contribution < -0.4 is 15.0 Å². The second kappa shape index (κ2) is 7.13. The first-order valence-electron chi connectivity index (χ1n) is 6.51. The predicted octanol–water partition coefficient (Wildman–Crippen LogP) is 2.47. The maximum atomic E-state index is 13.5. The zero-order valence-corrected chi connectivity index (χ0v) is 13.5. The lowest BCUT2D eigenvalue weighted by atomic mass is 10.2. The van der Waals surface area contributed by atoms with Crippen LogP contribution in [-0.2, 0) is 10.0 Å². The predicted molar refractivity (Wildman–Crippen MR) is 79.9 cm³/mol. The molecular weight excluding hydrogens is 386 g/mol. The molecular formula is C13H9F4N3O5S. The summed E-state index contributed by atoms with van der Waals surface area (Å²) < 4.78 is 82.1. The number of nitrogens with zero attached hydrogens (tertiary/aromatic N) is 1. The van der Waals surface area contributed by atoms with Crippen LogP contribution in [0.5, 0.6) is 5.75 Å². The van der Waals surface area contributed by atoms with Crippen LogP contribution >= 0.6 is 0 Å². The van der Waals surface area contributed by atoms with Crippen LogP contribution in [0.2, 0.25) is 0 Å². The number of sulfonamides is 1. The molecule has 0 aliphatic carbocycles. The van der Waals surface area contributed by atoms with Gasteiger partial charge in [-0.2, -0.15) is 0 Å². The number of hydrazine groups is 1. The van der Waals surface area contributed by atoms with Crippen LogP contribution in [-0.4, -0.2) is 20.5 Å². The molecule has 0 saturated carbocycles. The fourth-order valence-corrected chi connectivity index (χ4v) is 2.71. The average Bonchev–Trinajstić information content (AvgIpc) is 2.59. The second-order valence-electron chi connectivity index (χ2n) is 4.66. The molecule has 0 aliphatic rings. The summed E-state index contributed by atoms with van der Waals surface area (Å²) in [5.74, 6) is -7.48. The molecule has 13 heteroatoms. The molecule has 140 valence electrons. The normalized spacial score (nSPS) is 11.3. The molecule has 0 unspecified atom stereocenters. The van der Waals surface area contributed by atoms with Gasteiger partial charge in [0.1, 0.15) is 5.69 Å². The summed E-state index contributed by atoms with van der Waals surface area (Å²) in [6.45, 7) is 0. The first-order chi connectivity index (χ1) is 12.1. The Morgan fingerprint density at radius 2 is 1.65 bits per heavy atom. The standard InChI is InChI=1S/C13H9F4N3O5S/c1-25-10-3-2-6(4-9(10)20(21)22)26(23,24)19-18-13-11(16)7(14)5-8(15)12(13)17/h2-5,18-19H,1H3. The topological polar surface area (TPSA) is 111 Å². The smallest absolute Gasteiger partial charge is 0.312 e. The van der Waals surface area contributed by atoms with E-state index in [2.05, 4.69) is 0 Å². The number of nitro groups is 1. The number of anilines is 1. The number of nitro benzene ring substituents is 1. The van der Waals surface area contributed by atoms with Gasteiger partial charge in [0.2, 0.25) is 0 Å². The van der Waals surface area contributed by atoms with Crippen molar-refractivity contribution in [1.82, 2.24) is 4.83 Å². The Hall–Kier alpha value is -2.93. The number of hydrogen-bond donors (Lipinski definition) is 2. The largest absolute Gasteiger partial charge is 0.490 e. The van der Waals surface area contributed by atoms with E-state index in [9.17, 15) is 36.1 Å². The molecule has 26 heavy (non-hydrogen) atoms. The molecule has 0 bridgehead atoms. The molecule has 0 heterocycles. The molecule has 0 spiro atoms. The van der Waals surface area contributed by atoms with E-state index in [0.717, 1.165) is 19.2 Å². The third-order valence-corrected chi connectivity index (χ3v) is 4.32. The van der Waals surface area contributed by atoms with E-state index >= 15 is 0 Å². The van der Waals surface area contributed by atoms with Crippen molar-refractivity contribution in [2.24, 2.45) is 0 Å². The third kappa shape index (κ3) is 3.67. The number of ether oxygens (including phenoxy) is 1. The fraction of sp³-hybridized carbons (Fsp3) is 0.0769. The molecule has 2 aromatic carbocycles. The van der Waals surface area contributed by atoms with Crippen molar-refractivity contribution in [3.05, 3.63) is 57.6 Å². The summed E-state index contributed by atoms with van der Waals surface area (Å²) in [6, 6.07) is 2.46. The van der Waals surface area contributed by atoms with Gasteiger partial charge in [-0.1, -0.05) is 0 Å². The molecule has 0 amide bonds. The average molecular weight is 395 g/mol. The van der Waals surface area contributed by atoms with Gasteiger partial charge < -0.3 is 10.2 Å². The SMILES string of the molecule is COc1ccc(S(=O)(=O)NNc2c(F)c(F)cc(F)c2F)cc1[N+](=O)[O-]. The highest BCUT2D eigenvalue weighted by atomic mass is 32.2. The first kappa shape index (κ1) is 19.4. The van der Waals surface area contributed by atoms with Crippen LogP contribution in [0.25, 0.3) is 0 Å². The Kier molecular flexibility index (Phi) is 5.32. The van der Waals surface area contributed by atoms with Crippen molar-refractivity contribution >= 4 is 21.4 Å². The first-order valence-corrected chi connectivity index (χ1v) is 8.00. The number of rotatable bonds is 6. The molecule has 2 aromatic rings. The van der Waals surface area contributed by atoms with Gasteiger partial charge >= 0.3 is 5.69 Å². The van der Waals surface area contributed by atoms with Crippen molar-refractivity contribution in [3.63, 3.8) is 0 Å². The maximum Gasteiger partial charge on any atom is 0.312 e. The Balaban J connectivity index is 2.37. The third-order valence-electron chi connectivity index (χ3n) is 3.08. The molecule has 0 atom stereocenters. The van der Waals surface area contributed by atoms with Crippen LogP contribution in [0.15, 0.2) is 29.2 Å². The highest BCUT2D eigenvalue weighted by Gasteiger charge is 2.24. The number of benzene rings is 2. The van der Waals surface area contributed by atoms with E-state index in [1.165, 1.54) is 10.3 Å². The highest BCUT2D eigenvalue weighted by Crippen LogP contribution is 2.29. The van der Waals surface area contributed by atoms with Gasteiger partial charge in [0.05, 0.1) is 16.9 Å². The van der Waals surface area contributed by atoms with Gasteiger partial charge in [-0.25, -0.2) is 26.0 Å². The Labute approximate surface area is 143 Å². The summed E-state index contributed by atoms with van der Waals surface area (Å²) in [5, 5.41) is 10.9. The highest BCUT2D eigenvalue weighted by molar-refractivity contribution is 7.89. The molecule has 8 nitrogen and oxygen atoms in total. The van der Waals surface area contributed by atoms with Gasteiger partial charge in [-0.15, -0.1) is 4.83 Å². The van der Waals surface area contributed by atoms with Crippen LogP contribution in [0, 0.1) is 33.4 Å². The van der Waals surface area contributed by atoms with Crippen molar-refractivity contribution in [2.45, 2.75) is 4.90 Å². The molecule has 2 N–H and O–H groups in total. The summed E-state index contributed by atoms with van der Waals surface area (Å²) >= 11 is 0. The fourth-order valence-electron chi connectivity index (χ4n) is 1.84. The van der Waals surface area contributed by atoms with Crippen molar-refractivity contribution < 1.29 is 35.6 Å². The monoisotopic (exact) mass is 395 g/mol. The van der Waals surface area contributed by atoms with Gasteiger partial charge in [0.15, 0.2) is 29.0 Å². The quantitative estimate of drug-likeness (QED) is 0.337. The van der Waals surface area contributed by atoms with Crippen molar-refractivity contribution in [2.75, 3.05) is 12.5 Å². The molecule has 2 rings (SSSR count). The minimum atomic E-state index is -4.60. The number of methoxy groups -OCH3 is 1. The van der Waals surface area contributed by atoms with E-state index in [1.807, 2.05) is 0 Å². The summed E-state index contributed by atoms with van der Waals surface area (Å²) in [5.41, 5.74) is -0.603. The summed E-state index contributed by atoms with van der Waals surface area (Å²) in [6.07, 6.45) is 0. The van der Waals surface area contributed by atoms with Crippen molar-refractivity contribution in [3.8, 4) is 5.75 Å². The Bertz CT molecular complexity index is 958. The molecule has 0 saturated heterocycles. The van der Waals surface area contributed by atoms with Crippen LogP contribution in [0.1, 0.15) is 0 Å². The van der Waals surface area contributed by atoms with Gasteiger partial charge in [-0.05, 0) is 12.1 Å². The lowest BCUT2D eigenvalue weighted by molar-refractivity contribution is -0.386. The number of halogens is 4. The molecule has 0 aliphatic heterocycles. The van der Waals surface area contributed by atoms with E-state index in [-0.39, 0.29) is 11.8 Å². The summed E-state index contributed by atoms with van der Waals surface area (Å²) in [4.78, 5) is 10.8. The van der Waals surface area contributed by atoms with E-state index in [0.29, 0.717) is 6.07 Å². The maximum absolute atomic E-state index is 13.5. The zero-order chi connectivity index (χ0) is 19.6. The lowest BCUT2D eigenvalue weighted by Crippen LogP contribution is -2.31. The minimum Gasteiger partial charge on any atom is -0.490 e. The molecule has 0 aromatic heterocycles. The van der Waals surface area contributed by atoms with Gasteiger partial charge in [-0.3, -0.25) is 10.1 Å². The van der Waals surface area contributed by atoms with Gasteiger partial charge in [0.25, 0.3) is 10.0 Å². The summed E-state index contributed by atoms with van der Waals surface area (Å²) in [7, 11) is -3.47. The lowest BCUT2D eigenvalue weighted by Gasteiger charge is -2.12. The van der Waals surface area contributed by atoms with Crippen LogP contribution in [0.3, 0.4) is 0 Å². The zero-order valence-electron chi connectivity index (χ0n) is 12.7.